The first-order chi connectivity index (χ1) is 10.0. The Hall–Kier alpha value is -1.78. The highest BCUT2D eigenvalue weighted by Gasteiger charge is 2.13. The summed E-state index contributed by atoms with van der Waals surface area (Å²) in [5, 5.41) is 3.93. The second-order valence-electron chi connectivity index (χ2n) is 4.91. The molecule has 0 spiro atoms. The average Bonchev–Trinajstić information content (AvgIpc) is 2.82. The molecule has 0 radical (unpaired) electrons. The van der Waals surface area contributed by atoms with Crippen LogP contribution in [0.15, 0.2) is 24.5 Å². The number of aromatic nitrogens is 3. The van der Waals surface area contributed by atoms with E-state index in [4.69, 9.17) is 23.2 Å². The van der Waals surface area contributed by atoms with Gasteiger partial charge in [-0.1, -0.05) is 23.2 Å². The summed E-state index contributed by atoms with van der Waals surface area (Å²) in [7, 11) is 1.77. The molecule has 0 saturated heterocycles. The lowest BCUT2D eigenvalue weighted by Crippen LogP contribution is -2.02. The number of hydrogen-bond acceptors (Lipinski definition) is 3. The first-order valence-electron chi connectivity index (χ1n) is 6.49. The second-order valence-corrected chi connectivity index (χ2v) is 5.73. The number of nitrogens with zero attached hydrogens (tertiary/aromatic N) is 3. The van der Waals surface area contributed by atoms with Crippen LogP contribution < -0.4 is 5.32 Å². The molecule has 1 aromatic carbocycles. The summed E-state index contributed by atoms with van der Waals surface area (Å²) >= 11 is 12.4. The third-order valence-corrected chi connectivity index (χ3v) is 4.10. The minimum Gasteiger partial charge on any atom is -0.372 e. The molecule has 0 saturated carbocycles. The maximum atomic E-state index is 6.30. The standard InChI is InChI=1S/C15H14Cl2N4/c1-8-4-12-13(5-9(8)2)21(7-19-12)15-11(17)6-10(16)14(18-3)20-15/h4-7H,1-3H3,(H,18,20). The van der Waals surface area contributed by atoms with Crippen LogP contribution >= 0.6 is 23.2 Å². The molecule has 0 fully saturated rings. The van der Waals surface area contributed by atoms with Crippen LogP contribution in [0.1, 0.15) is 11.1 Å². The van der Waals surface area contributed by atoms with Crippen LogP contribution in [-0.2, 0) is 0 Å². The van der Waals surface area contributed by atoms with Crippen molar-refractivity contribution in [2.75, 3.05) is 12.4 Å². The fourth-order valence-electron chi connectivity index (χ4n) is 2.23. The van der Waals surface area contributed by atoms with Gasteiger partial charge in [0.1, 0.15) is 12.1 Å². The maximum absolute atomic E-state index is 6.30. The highest BCUT2D eigenvalue weighted by molar-refractivity contribution is 6.36. The molecule has 0 aliphatic rings. The van der Waals surface area contributed by atoms with Gasteiger partial charge in [0.15, 0.2) is 5.82 Å². The maximum Gasteiger partial charge on any atom is 0.159 e. The molecular weight excluding hydrogens is 307 g/mol. The van der Waals surface area contributed by atoms with E-state index in [-0.39, 0.29) is 0 Å². The highest BCUT2D eigenvalue weighted by Crippen LogP contribution is 2.30. The van der Waals surface area contributed by atoms with Crippen LogP contribution in [0.4, 0.5) is 5.82 Å². The van der Waals surface area contributed by atoms with E-state index < -0.39 is 0 Å². The van der Waals surface area contributed by atoms with Crippen LogP contribution in [0, 0.1) is 13.8 Å². The molecule has 21 heavy (non-hydrogen) atoms. The monoisotopic (exact) mass is 320 g/mol. The number of rotatable bonds is 2. The largest absolute Gasteiger partial charge is 0.372 e. The molecule has 1 N–H and O–H groups in total. The summed E-state index contributed by atoms with van der Waals surface area (Å²) in [5.74, 6) is 1.19. The number of benzene rings is 1. The Morgan fingerprint density at radius 2 is 1.76 bits per heavy atom. The van der Waals surface area contributed by atoms with Gasteiger partial charge >= 0.3 is 0 Å². The van der Waals surface area contributed by atoms with Crippen molar-refractivity contribution >= 4 is 40.1 Å². The van der Waals surface area contributed by atoms with Gasteiger partial charge in [0, 0.05) is 7.05 Å². The average molecular weight is 321 g/mol. The van der Waals surface area contributed by atoms with E-state index in [9.17, 15) is 0 Å². The summed E-state index contributed by atoms with van der Waals surface area (Å²) in [6.45, 7) is 4.14. The Labute approximate surface area is 132 Å². The normalized spacial score (nSPS) is 11.1. The zero-order chi connectivity index (χ0) is 15.1. The predicted molar refractivity (Wildman–Crippen MR) is 87.9 cm³/mol. The van der Waals surface area contributed by atoms with Crippen LogP contribution in [0.3, 0.4) is 0 Å². The predicted octanol–water partition coefficient (Wildman–Crippen LogP) is 4.39. The van der Waals surface area contributed by atoms with Crippen molar-refractivity contribution in [2.45, 2.75) is 13.8 Å². The van der Waals surface area contributed by atoms with Crippen molar-refractivity contribution in [2.24, 2.45) is 0 Å². The molecule has 0 amide bonds. The van der Waals surface area contributed by atoms with E-state index in [1.54, 1.807) is 19.4 Å². The molecule has 0 bridgehead atoms. The summed E-state index contributed by atoms with van der Waals surface area (Å²) in [5.41, 5.74) is 4.29. The third-order valence-electron chi connectivity index (χ3n) is 3.54. The Bertz CT molecular complexity index is 839. The van der Waals surface area contributed by atoms with E-state index in [0.29, 0.717) is 21.7 Å². The highest BCUT2D eigenvalue weighted by atomic mass is 35.5. The van der Waals surface area contributed by atoms with Gasteiger partial charge in [-0.2, -0.15) is 0 Å². The van der Waals surface area contributed by atoms with Gasteiger partial charge < -0.3 is 5.32 Å². The van der Waals surface area contributed by atoms with E-state index in [1.165, 1.54) is 11.1 Å². The SMILES string of the molecule is CNc1nc(-n2cnc3cc(C)c(C)cc32)c(Cl)cc1Cl. The van der Waals surface area contributed by atoms with Crippen molar-refractivity contribution in [3.05, 3.63) is 45.7 Å². The summed E-state index contributed by atoms with van der Waals surface area (Å²) in [6, 6.07) is 5.83. The molecule has 2 heterocycles. The van der Waals surface area contributed by atoms with Gasteiger partial charge in [0.25, 0.3) is 0 Å². The Morgan fingerprint density at radius 3 is 2.48 bits per heavy atom. The van der Waals surface area contributed by atoms with Crippen molar-refractivity contribution in [3.8, 4) is 5.82 Å². The molecule has 3 rings (SSSR count). The van der Waals surface area contributed by atoms with Crippen molar-refractivity contribution in [1.82, 2.24) is 14.5 Å². The number of halogens is 2. The zero-order valence-electron chi connectivity index (χ0n) is 11.9. The quantitative estimate of drug-likeness (QED) is 0.761. The number of fused-ring (bicyclic) bond motifs is 1. The van der Waals surface area contributed by atoms with Crippen LogP contribution in [0.2, 0.25) is 10.0 Å². The third kappa shape index (κ3) is 2.34. The number of imidazole rings is 1. The van der Waals surface area contributed by atoms with Gasteiger partial charge in [0.2, 0.25) is 0 Å². The molecule has 0 unspecified atom stereocenters. The van der Waals surface area contributed by atoms with E-state index in [1.807, 2.05) is 4.57 Å². The first kappa shape index (κ1) is 14.2. The Balaban J connectivity index is 2.28. The minimum absolute atomic E-state index is 0.483. The van der Waals surface area contributed by atoms with E-state index in [2.05, 4.69) is 41.3 Å². The fraction of sp³-hybridized carbons (Fsp3) is 0.200. The molecule has 2 aromatic heterocycles. The second kappa shape index (κ2) is 5.20. The fourth-order valence-corrected chi connectivity index (χ4v) is 2.78. The first-order valence-corrected chi connectivity index (χ1v) is 7.25. The Morgan fingerprint density at radius 1 is 1.05 bits per heavy atom. The summed E-state index contributed by atoms with van der Waals surface area (Å²) < 4.78 is 1.88. The smallest absolute Gasteiger partial charge is 0.159 e. The minimum atomic E-state index is 0.483. The van der Waals surface area contributed by atoms with Gasteiger partial charge in [-0.05, 0) is 43.2 Å². The van der Waals surface area contributed by atoms with Crippen LogP contribution in [0.5, 0.6) is 0 Å². The van der Waals surface area contributed by atoms with Crippen molar-refractivity contribution in [1.29, 1.82) is 0 Å². The molecule has 6 heteroatoms. The van der Waals surface area contributed by atoms with E-state index >= 15 is 0 Å². The van der Waals surface area contributed by atoms with Crippen LogP contribution in [-0.4, -0.2) is 21.6 Å². The van der Waals surface area contributed by atoms with Gasteiger partial charge in [0.05, 0.1) is 21.1 Å². The molecule has 4 nitrogen and oxygen atoms in total. The molecule has 0 aliphatic heterocycles. The molecule has 3 aromatic rings. The molecular formula is C15H14Cl2N4. The number of anilines is 1. The molecule has 0 aliphatic carbocycles. The topological polar surface area (TPSA) is 42.7 Å². The number of hydrogen-bond donors (Lipinski definition) is 1. The lowest BCUT2D eigenvalue weighted by molar-refractivity contribution is 1.02. The summed E-state index contributed by atoms with van der Waals surface area (Å²) in [4.78, 5) is 8.91. The zero-order valence-corrected chi connectivity index (χ0v) is 13.4. The van der Waals surface area contributed by atoms with Gasteiger partial charge in [-0.3, -0.25) is 4.57 Å². The van der Waals surface area contributed by atoms with Crippen molar-refractivity contribution in [3.63, 3.8) is 0 Å². The van der Waals surface area contributed by atoms with Crippen LogP contribution in [0.25, 0.3) is 16.9 Å². The number of nitrogens with one attached hydrogen (secondary N) is 1. The lowest BCUT2D eigenvalue weighted by atomic mass is 10.1. The van der Waals surface area contributed by atoms with Gasteiger partial charge in [-0.25, -0.2) is 9.97 Å². The number of aryl methyl sites for hydroxylation is 2. The van der Waals surface area contributed by atoms with Gasteiger partial charge in [-0.15, -0.1) is 0 Å². The van der Waals surface area contributed by atoms with E-state index in [0.717, 1.165) is 11.0 Å². The lowest BCUT2D eigenvalue weighted by Gasteiger charge is -2.10. The number of pyridine rings is 1. The molecule has 108 valence electrons. The molecule has 0 atom stereocenters. The van der Waals surface area contributed by atoms with Crippen molar-refractivity contribution < 1.29 is 0 Å². The Kier molecular flexibility index (Phi) is 3.51. The summed E-state index contributed by atoms with van der Waals surface area (Å²) in [6.07, 6.45) is 1.73.